The molecule has 0 amide bonds. The molecule has 0 aromatic rings. The number of aliphatic carboxylic acids is 1. The van der Waals surface area contributed by atoms with Gasteiger partial charge in [-0.2, -0.15) is 0 Å². The van der Waals surface area contributed by atoms with Gasteiger partial charge in [-0.15, -0.1) is 0 Å². The van der Waals surface area contributed by atoms with Gasteiger partial charge in [-0.25, -0.2) is 0 Å². The zero-order valence-electron chi connectivity index (χ0n) is 15.0. The first-order valence-electron chi connectivity index (χ1n) is 8.78. The van der Waals surface area contributed by atoms with E-state index in [0.29, 0.717) is 19.8 Å². The quantitative estimate of drug-likeness (QED) is 0.245. The summed E-state index contributed by atoms with van der Waals surface area (Å²) in [5, 5.41) is 8.48. The predicted octanol–water partition coefficient (Wildman–Crippen LogP) is 2.76. The molecule has 0 unspecified atom stereocenters. The van der Waals surface area contributed by atoms with Crippen LogP contribution in [-0.2, 0) is 28.5 Å². The van der Waals surface area contributed by atoms with E-state index in [1.165, 1.54) is 0 Å². The maximum Gasteiger partial charge on any atom is 0.305 e. The summed E-state index contributed by atoms with van der Waals surface area (Å²) in [6.07, 6.45) is 4.03. The fourth-order valence-electron chi connectivity index (χ4n) is 1.71. The molecular weight excluding hydrogens is 316 g/mol. The van der Waals surface area contributed by atoms with Crippen molar-refractivity contribution >= 4 is 11.9 Å². The molecule has 0 bridgehead atoms. The summed E-state index contributed by atoms with van der Waals surface area (Å²) in [6, 6.07) is 0. The number of ether oxygens (including phenoxy) is 4. The Morgan fingerprint density at radius 1 is 0.875 bits per heavy atom. The summed E-state index contributed by atoms with van der Waals surface area (Å²) < 4.78 is 21.6. The molecule has 24 heavy (non-hydrogen) atoms. The van der Waals surface area contributed by atoms with E-state index in [0.717, 1.165) is 25.7 Å². The number of carbonyl (C=O) groups excluding carboxylic acids is 1. The van der Waals surface area contributed by atoms with Crippen LogP contribution in [0.4, 0.5) is 0 Å². The van der Waals surface area contributed by atoms with E-state index in [1.807, 2.05) is 0 Å². The Labute approximate surface area is 144 Å². The second kappa shape index (κ2) is 16.7. The molecule has 0 rings (SSSR count). The highest BCUT2D eigenvalue weighted by molar-refractivity contribution is 5.71. The first kappa shape index (κ1) is 22.8. The van der Waals surface area contributed by atoms with Crippen molar-refractivity contribution in [3.63, 3.8) is 0 Å². The Morgan fingerprint density at radius 2 is 1.50 bits per heavy atom. The summed E-state index contributed by atoms with van der Waals surface area (Å²) in [6.45, 7) is 6.15. The normalized spacial score (nSPS) is 11.0. The highest BCUT2D eigenvalue weighted by Crippen LogP contribution is 2.02. The molecule has 0 aliphatic rings. The van der Waals surface area contributed by atoms with Gasteiger partial charge in [-0.05, 0) is 19.3 Å². The van der Waals surface area contributed by atoms with E-state index in [2.05, 4.69) is 13.8 Å². The number of carboxylic acids is 1. The molecule has 0 fully saturated rings. The van der Waals surface area contributed by atoms with Crippen LogP contribution in [0.2, 0.25) is 0 Å². The van der Waals surface area contributed by atoms with Gasteiger partial charge in [0.25, 0.3) is 0 Å². The van der Waals surface area contributed by atoms with Crippen molar-refractivity contribution in [1.29, 1.82) is 0 Å². The van der Waals surface area contributed by atoms with Crippen molar-refractivity contribution in [2.75, 3.05) is 33.0 Å². The van der Waals surface area contributed by atoms with Crippen LogP contribution in [0.1, 0.15) is 58.8 Å². The minimum Gasteiger partial charge on any atom is -0.481 e. The SMILES string of the molecule is CCCCOC(COCCOC(=O)CCCC(=O)O)OCCCC. The largest absolute Gasteiger partial charge is 0.481 e. The molecule has 0 heterocycles. The van der Waals surface area contributed by atoms with Gasteiger partial charge in [0.2, 0.25) is 0 Å². The Morgan fingerprint density at radius 3 is 2.04 bits per heavy atom. The number of esters is 1. The third kappa shape index (κ3) is 15.7. The van der Waals surface area contributed by atoms with Crippen LogP contribution < -0.4 is 0 Å². The zero-order chi connectivity index (χ0) is 18.0. The van der Waals surface area contributed by atoms with Gasteiger partial charge in [0.15, 0.2) is 6.29 Å². The van der Waals surface area contributed by atoms with E-state index < -0.39 is 18.2 Å². The summed E-state index contributed by atoms with van der Waals surface area (Å²) in [5.41, 5.74) is 0. The molecule has 0 atom stereocenters. The van der Waals surface area contributed by atoms with E-state index in [4.69, 9.17) is 24.1 Å². The Hall–Kier alpha value is -1.18. The van der Waals surface area contributed by atoms with Gasteiger partial charge >= 0.3 is 11.9 Å². The van der Waals surface area contributed by atoms with Gasteiger partial charge in [-0.3, -0.25) is 9.59 Å². The highest BCUT2D eigenvalue weighted by atomic mass is 16.7. The topological polar surface area (TPSA) is 91.3 Å². The van der Waals surface area contributed by atoms with Gasteiger partial charge in [0.05, 0.1) is 13.2 Å². The molecule has 0 radical (unpaired) electrons. The Bertz CT molecular complexity index is 310. The average Bonchev–Trinajstić information content (AvgIpc) is 2.54. The lowest BCUT2D eigenvalue weighted by atomic mass is 10.2. The zero-order valence-corrected chi connectivity index (χ0v) is 15.0. The van der Waals surface area contributed by atoms with E-state index in [1.54, 1.807) is 0 Å². The molecule has 0 saturated heterocycles. The van der Waals surface area contributed by atoms with E-state index in [9.17, 15) is 9.59 Å². The molecule has 0 saturated carbocycles. The predicted molar refractivity (Wildman–Crippen MR) is 88.8 cm³/mol. The van der Waals surface area contributed by atoms with Crippen LogP contribution in [-0.4, -0.2) is 56.4 Å². The molecule has 0 aliphatic heterocycles. The lowest BCUT2D eigenvalue weighted by molar-refractivity contribution is -0.176. The molecule has 7 heteroatoms. The van der Waals surface area contributed by atoms with Crippen molar-refractivity contribution in [2.24, 2.45) is 0 Å². The molecule has 1 N–H and O–H groups in total. The monoisotopic (exact) mass is 348 g/mol. The molecule has 0 aromatic carbocycles. The first-order chi connectivity index (χ1) is 11.6. The summed E-state index contributed by atoms with van der Waals surface area (Å²) >= 11 is 0. The van der Waals surface area contributed by atoms with E-state index in [-0.39, 0.29) is 32.5 Å². The third-order valence-electron chi connectivity index (χ3n) is 3.12. The molecular formula is C17H32O7. The second-order valence-corrected chi connectivity index (χ2v) is 5.42. The van der Waals surface area contributed by atoms with Crippen LogP contribution in [0.5, 0.6) is 0 Å². The number of carbonyl (C=O) groups is 2. The Kier molecular flexibility index (Phi) is 15.9. The highest BCUT2D eigenvalue weighted by Gasteiger charge is 2.10. The fourth-order valence-corrected chi connectivity index (χ4v) is 1.71. The van der Waals surface area contributed by atoms with Crippen molar-refractivity contribution < 1.29 is 33.6 Å². The standard InChI is InChI=1S/C17H32O7/c1-3-5-10-23-17(24-11-6-4-2)14-21-12-13-22-16(20)9-7-8-15(18)19/h17H,3-14H2,1-2H3,(H,18,19). The maximum absolute atomic E-state index is 11.4. The van der Waals surface area contributed by atoms with Crippen molar-refractivity contribution in [1.82, 2.24) is 0 Å². The van der Waals surface area contributed by atoms with Crippen molar-refractivity contribution in [3.05, 3.63) is 0 Å². The van der Waals surface area contributed by atoms with Crippen LogP contribution in [0, 0.1) is 0 Å². The number of hydrogen-bond donors (Lipinski definition) is 1. The van der Waals surface area contributed by atoms with Crippen LogP contribution in [0.15, 0.2) is 0 Å². The average molecular weight is 348 g/mol. The third-order valence-corrected chi connectivity index (χ3v) is 3.12. The fraction of sp³-hybridized carbons (Fsp3) is 0.882. The molecule has 0 aromatic heterocycles. The number of carboxylic acid groups (broad SMARTS) is 1. The summed E-state index contributed by atoms with van der Waals surface area (Å²) in [4.78, 5) is 21.7. The minimum atomic E-state index is -0.914. The lowest BCUT2D eigenvalue weighted by Crippen LogP contribution is -2.25. The minimum absolute atomic E-state index is 0.0303. The van der Waals surface area contributed by atoms with Crippen LogP contribution in [0.25, 0.3) is 0 Å². The van der Waals surface area contributed by atoms with Crippen molar-refractivity contribution in [2.45, 2.75) is 65.1 Å². The maximum atomic E-state index is 11.4. The molecule has 7 nitrogen and oxygen atoms in total. The second-order valence-electron chi connectivity index (χ2n) is 5.42. The van der Waals surface area contributed by atoms with Gasteiger partial charge in [0, 0.05) is 26.1 Å². The smallest absolute Gasteiger partial charge is 0.305 e. The lowest BCUT2D eigenvalue weighted by Gasteiger charge is -2.18. The number of rotatable bonds is 17. The number of hydrogen-bond acceptors (Lipinski definition) is 6. The van der Waals surface area contributed by atoms with E-state index >= 15 is 0 Å². The molecule has 0 aliphatic carbocycles. The molecule has 142 valence electrons. The van der Waals surface area contributed by atoms with Crippen molar-refractivity contribution in [3.8, 4) is 0 Å². The number of unbranched alkanes of at least 4 members (excludes halogenated alkanes) is 2. The summed E-state index contributed by atoms with van der Waals surface area (Å²) in [5.74, 6) is -1.32. The van der Waals surface area contributed by atoms with Gasteiger partial charge < -0.3 is 24.1 Å². The van der Waals surface area contributed by atoms with Crippen LogP contribution >= 0.6 is 0 Å². The van der Waals surface area contributed by atoms with Gasteiger partial charge in [0.1, 0.15) is 6.61 Å². The molecule has 0 spiro atoms. The summed E-state index contributed by atoms with van der Waals surface area (Å²) in [7, 11) is 0. The first-order valence-corrected chi connectivity index (χ1v) is 8.78. The Balaban J connectivity index is 3.72. The van der Waals surface area contributed by atoms with Gasteiger partial charge in [-0.1, -0.05) is 26.7 Å². The van der Waals surface area contributed by atoms with Crippen LogP contribution in [0.3, 0.4) is 0 Å².